The number of nitrogens with zero attached hydrogens (tertiary/aromatic N) is 1. The molecule has 1 N–H and O–H groups in total. The lowest BCUT2D eigenvalue weighted by atomic mass is 9.74. The van der Waals surface area contributed by atoms with E-state index in [1.54, 1.807) is 0 Å². The molecule has 1 amide bonds. The number of hydrogen-bond donors (Lipinski definition) is 1. The van der Waals surface area contributed by atoms with Gasteiger partial charge in [-0.15, -0.1) is 0 Å². The predicted octanol–water partition coefficient (Wildman–Crippen LogP) is 3.05. The van der Waals surface area contributed by atoms with E-state index in [1.807, 2.05) is 0 Å². The number of fused-ring (bicyclic) bond motifs is 2. The van der Waals surface area contributed by atoms with Crippen LogP contribution < -0.4 is 5.32 Å². The monoisotopic (exact) mass is 292 g/mol. The first-order chi connectivity index (χ1) is 10.1. The summed E-state index contributed by atoms with van der Waals surface area (Å²) in [5.74, 6) is 3.12. The molecule has 3 nitrogen and oxygen atoms in total. The Hall–Kier alpha value is -0.570. The van der Waals surface area contributed by atoms with Crippen molar-refractivity contribution in [1.29, 1.82) is 0 Å². The van der Waals surface area contributed by atoms with Crippen molar-refractivity contribution in [3.05, 3.63) is 0 Å². The Morgan fingerprint density at radius 1 is 1.24 bits per heavy atom. The summed E-state index contributed by atoms with van der Waals surface area (Å²) < 4.78 is 0. The Morgan fingerprint density at radius 3 is 2.57 bits per heavy atom. The highest BCUT2D eigenvalue weighted by Gasteiger charge is 2.43. The molecule has 3 unspecified atom stereocenters. The molecule has 2 bridgehead atoms. The number of nitrogens with one attached hydrogen (secondary N) is 1. The summed E-state index contributed by atoms with van der Waals surface area (Å²) >= 11 is 0. The third-order valence-corrected chi connectivity index (χ3v) is 6.48. The maximum Gasteiger partial charge on any atom is 0.228 e. The Bertz CT molecular complexity index is 370. The van der Waals surface area contributed by atoms with Crippen LogP contribution in [0.1, 0.15) is 58.3 Å². The van der Waals surface area contributed by atoms with Crippen LogP contribution in [0.25, 0.3) is 0 Å². The average molecular weight is 292 g/mol. The van der Waals surface area contributed by atoms with E-state index in [0.29, 0.717) is 5.91 Å². The van der Waals surface area contributed by atoms with E-state index in [1.165, 1.54) is 25.7 Å². The van der Waals surface area contributed by atoms with Crippen LogP contribution in [0.2, 0.25) is 0 Å². The van der Waals surface area contributed by atoms with Crippen LogP contribution >= 0.6 is 0 Å². The number of piperidine rings is 1. The molecule has 0 aromatic rings. The number of hydrogen-bond acceptors (Lipinski definition) is 2. The van der Waals surface area contributed by atoms with Crippen LogP contribution in [0.5, 0.6) is 0 Å². The van der Waals surface area contributed by atoms with Crippen LogP contribution in [0.3, 0.4) is 0 Å². The van der Waals surface area contributed by atoms with Gasteiger partial charge in [-0.05, 0) is 69.4 Å². The van der Waals surface area contributed by atoms with Gasteiger partial charge in [-0.3, -0.25) is 4.79 Å². The second-order valence-corrected chi connectivity index (χ2v) is 7.90. The molecule has 3 atom stereocenters. The number of carbonyl (C=O) groups excluding carboxylic acids is 1. The molecule has 3 rings (SSSR count). The summed E-state index contributed by atoms with van der Waals surface area (Å²) in [7, 11) is 2.06. The fourth-order valence-corrected chi connectivity index (χ4v) is 5.39. The maximum atomic E-state index is 13.1. The van der Waals surface area contributed by atoms with Gasteiger partial charge in [-0.1, -0.05) is 19.8 Å². The van der Waals surface area contributed by atoms with E-state index in [0.717, 1.165) is 63.1 Å². The van der Waals surface area contributed by atoms with Gasteiger partial charge in [0.15, 0.2) is 0 Å². The normalized spacial score (nSPS) is 34.1. The molecule has 1 saturated heterocycles. The van der Waals surface area contributed by atoms with Crippen molar-refractivity contribution in [2.24, 2.45) is 23.2 Å². The van der Waals surface area contributed by atoms with Crippen molar-refractivity contribution in [3.63, 3.8) is 0 Å². The summed E-state index contributed by atoms with van der Waals surface area (Å²) in [5.41, 5.74) is -0.0631. The molecule has 120 valence electrons. The maximum absolute atomic E-state index is 13.1. The zero-order valence-electron chi connectivity index (χ0n) is 13.9. The lowest BCUT2D eigenvalue weighted by molar-refractivity contribution is -0.143. The molecule has 3 fully saturated rings. The molecular formula is C18H32N2O. The van der Waals surface area contributed by atoms with Crippen molar-refractivity contribution in [2.75, 3.05) is 26.7 Å². The third-order valence-electron chi connectivity index (χ3n) is 6.48. The van der Waals surface area contributed by atoms with Crippen LogP contribution in [-0.4, -0.2) is 37.5 Å². The summed E-state index contributed by atoms with van der Waals surface area (Å²) in [6.45, 7) is 5.24. The van der Waals surface area contributed by atoms with E-state index in [-0.39, 0.29) is 5.41 Å². The minimum absolute atomic E-state index is 0.0631. The largest absolute Gasteiger partial charge is 0.345 e. The second-order valence-electron chi connectivity index (χ2n) is 7.90. The Labute approximate surface area is 129 Å². The molecule has 2 saturated carbocycles. The molecule has 1 heterocycles. The van der Waals surface area contributed by atoms with Crippen molar-refractivity contribution < 1.29 is 4.79 Å². The Morgan fingerprint density at radius 2 is 2.00 bits per heavy atom. The standard InChI is InChI=1S/C18H32N2O/c1-3-6-18(7-9-19-10-8-18)17(21)20(2)13-16-12-14-4-5-15(16)11-14/h14-16,19H,3-13H2,1-2H3. The van der Waals surface area contributed by atoms with Gasteiger partial charge in [0.05, 0.1) is 5.41 Å². The summed E-state index contributed by atoms with van der Waals surface area (Å²) in [4.78, 5) is 15.2. The number of rotatable bonds is 5. The van der Waals surface area contributed by atoms with E-state index in [2.05, 4.69) is 24.2 Å². The Kier molecular flexibility index (Phi) is 4.58. The van der Waals surface area contributed by atoms with Crippen molar-refractivity contribution in [3.8, 4) is 0 Å². The summed E-state index contributed by atoms with van der Waals surface area (Å²) in [6, 6.07) is 0. The molecular weight excluding hydrogens is 260 g/mol. The number of amides is 1. The van der Waals surface area contributed by atoms with Crippen LogP contribution in [0, 0.1) is 23.2 Å². The highest BCUT2D eigenvalue weighted by molar-refractivity contribution is 5.82. The topological polar surface area (TPSA) is 32.3 Å². The van der Waals surface area contributed by atoms with Gasteiger partial charge in [0.1, 0.15) is 0 Å². The molecule has 0 aromatic carbocycles. The smallest absolute Gasteiger partial charge is 0.228 e. The molecule has 3 heteroatoms. The third kappa shape index (κ3) is 2.99. The molecule has 0 radical (unpaired) electrons. The van der Waals surface area contributed by atoms with Crippen LogP contribution in [-0.2, 0) is 4.79 Å². The van der Waals surface area contributed by atoms with E-state index < -0.39 is 0 Å². The van der Waals surface area contributed by atoms with Crippen LogP contribution in [0.4, 0.5) is 0 Å². The van der Waals surface area contributed by atoms with Crippen molar-refractivity contribution >= 4 is 5.91 Å². The van der Waals surface area contributed by atoms with Gasteiger partial charge in [-0.25, -0.2) is 0 Å². The quantitative estimate of drug-likeness (QED) is 0.844. The molecule has 2 aliphatic carbocycles. The zero-order valence-corrected chi connectivity index (χ0v) is 13.9. The molecule has 3 aliphatic rings. The van der Waals surface area contributed by atoms with Gasteiger partial charge in [0.2, 0.25) is 5.91 Å². The predicted molar refractivity (Wildman–Crippen MR) is 86.0 cm³/mol. The Balaban J connectivity index is 1.62. The lowest BCUT2D eigenvalue weighted by Crippen LogP contribution is -2.49. The lowest BCUT2D eigenvalue weighted by Gasteiger charge is -2.40. The highest BCUT2D eigenvalue weighted by atomic mass is 16.2. The minimum atomic E-state index is -0.0631. The SMILES string of the molecule is CCCC1(C(=O)N(C)CC2CC3CCC2C3)CCNCC1. The van der Waals surface area contributed by atoms with Gasteiger partial charge in [0.25, 0.3) is 0 Å². The van der Waals surface area contributed by atoms with Gasteiger partial charge < -0.3 is 10.2 Å². The summed E-state index contributed by atoms with van der Waals surface area (Å²) in [6.07, 6.45) is 9.93. The number of carbonyl (C=O) groups is 1. The van der Waals surface area contributed by atoms with Crippen LogP contribution in [0.15, 0.2) is 0 Å². The van der Waals surface area contributed by atoms with E-state index >= 15 is 0 Å². The molecule has 0 spiro atoms. The fourth-order valence-electron chi connectivity index (χ4n) is 5.39. The highest BCUT2D eigenvalue weighted by Crippen LogP contribution is 2.48. The zero-order chi connectivity index (χ0) is 14.9. The van der Waals surface area contributed by atoms with Crippen molar-refractivity contribution in [2.45, 2.75) is 58.3 Å². The minimum Gasteiger partial charge on any atom is -0.345 e. The molecule has 0 aromatic heterocycles. The average Bonchev–Trinajstić information content (AvgIpc) is 3.10. The summed E-state index contributed by atoms with van der Waals surface area (Å²) in [5, 5.41) is 3.42. The molecule has 1 aliphatic heterocycles. The van der Waals surface area contributed by atoms with Crippen molar-refractivity contribution in [1.82, 2.24) is 10.2 Å². The van der Waals surface area contributed by atoms with Gasteiger partial charge in [-0.2, -0.15) is 0 Å². The first-order valence-corrected chi connectivity index (χ1v) is 9.11. The first-order valence-electron chi connectivity index (χ1n) is 9.11. The van der Waals surface area contributed by atoms with E-state index in [9.17, 15) is 4.79 Å². The first kappa shape index (κ1) is 15.3. The van der Waals surface area contributed by atoms with Gasteiger partial charge >= 0.3 is 0 Å². The second kappa shape index (κ2) is 6.28. The van der Waals surface area contributed by atoms with E-state index in [4.69, 9.17) is 0 Å². The van der Waals surface area contributed by atoms with Gasteiger partial charge in [0, 0.05) is 13.6 Å². The molecule has 21 heavy (non-hydrogen) atoms. The fraction of sp³-hybridized carbons (Fsp3) is 0.944.